The van der Waals surface area contributed by atoms with Gasteiger partial charge in [-0.15, -0.1) is 13.2 Å². The van der Waals surface area contributed by atoms with Crippen LogP contribution in [0, 0.1) is 0 Å². The van der Waals surface area contributed by atoms with Crippen LogP contribution in [0.2, 0.25) is 15.1 Å². The van der Waals surface area contributed by atoms with Crippen molar-refractivity contribution >= 4 is 34.8 Å². The van der Waals surface area contributed by atoms with Crippen molar-refractivity contribution in [2.75, 3.05) is 0 Å². The Morgan fingerprint density at radius 3 is 2.23 bits per heavy atom. The molecule has 15 heteroatoms. The number of nitrogens with zero attached hydrogens (tertiary/aromatic N) is 2. The molecule has 35 heavy (non-hydrogen) atoms. The highest BCUT2D eigenvalue weighted by atomic mass is 35.5. The smallest absolute Gasteiger partial charge is 0.485 e. The van der Waals surface area contributed by atoms with Gasteiger partial charge in [-0.25, -0.2) is 9.13 Å². The van der Waals surface area contributed by atoms with Crippen LogP contribution in [0.5, 0.6) is 11.5 Å². The summed E-state index contributed by atoms with van der Waals surface area (Å²) in [7, 11) is 0. The lowest BCUT2D eigenvalue weighted by molar-refractivity contribution is -0.411. The highest BCUT2D eigenvalue weighted by molar-refractivity contribution is 6.42. The van der Waals surface area contributed by atoms with Gasteiger partial charge in [-0.1, -0.05) is 46.9 Å². The first-order valence-electron chi connectivity index (χ1n) is 9.17. The first kappa shape index (κ1) is 26.9. The van der Waals surface area contributed by atoms with E-state index >= 15 is 0 Å². The van der Waals surface area contributed by atoms with Gasteiger partial charge in [0, 0.05) is 0 Å². The molecule has 1 heterocycles. The zero-order valence-corrected chi connectivity index (χ0v) is 19.1. The van der Waals surface area contributed by atoms with Crippen molar-refractivity contribution in [3.63, 3.8) is 0 Å². The molecule has 0 aliphatic carbocycles. The lowest BCUT2D eigenvalue weighted by Gasteiger charge is -2.22. The molecule has 1 aromatic heterocycles. The van der Waals surface area contributed by atoms with Gasteiger partial charge in [0.15, 0.2) is 10.8 Å². The minimum atomic E-state index is -5.62. The maximum absolute atomic E-state index is 13.5. The maximum atomic E-state index is 13.5. The van der Waals surface area contributed by atoms with Gasteiger partial charge in [0.2, 0.25) is 0 Å². The van der Waals surface area contributed by atoms with Crippen LogP contribution in [0.25, 0.3) is 5.69 Å². The van der Waals surface area contributed by atoms with E-state index in [4.69, 9.17) is 39.5 Å². The summed E-state index contributed by atoms with van der Waals surface area (Å²) in [6.07, 6.45) is -13.4. The summed E-state index contributed by atoms with van der Waals surface area (Å²) in [4.78, 5) is 12.5. The van der Waals surface area contributed by atoms with Crippen molar-refractivity contribution in [3.8, 4) is 17.2 Å². The molecule has 0 aliphatic heterocycles. The zero-order chi connectivity index (χ0) is 26.0. The normalized spacial score (nSPS) is 12.9. The Bertz CT molecular complexity index is 1260. The summed E-state index contributed by atoms with van der Waals surface area (Å²) < 4.78 is 88.8. The van der Waals surface area contributed by atoms with Gasteiger partial charge in [-0.3, -0.25) is 4.79 Å². The molecule has 2 aromatic carbocycles. The topological polar surface area (TPSA) is 62.6 Å². The molecule has 6 nitrogen and oxygen atoms in total. The summed E-state index contributed by atoms with van der Waals surface area (Å²) in [6, 6.07) is 8.66. The van der Waals surface area contributed by atoms with Gasteiger partial charge >= 0.3 is 18.8 Å². The van der Waals surface area contributed by atoms with E-state index in [0.29, 0.717) is 11.3 Å². The molecule has 3 aromatic rings. The molecule has 0 radical (unpaired) electrons. The molecule has 3 rings (SSSR count). The summed E-state index contributed by atoms with van der Waals surface area (Å²) in [5.41, 5.74) is -0.0782. The third-order valence-electron chi connectivity index (χ3n) is 4.11. The van der Waals surface area contributed by atoms with Crippen molar-refractivity contribution in [3.05, 3.63) is 79.6 Å². The molecule has 0 bridgehead atoms. The van der Waals surface area contributed by atoms with Gasteiger partial charge in [-0.2, -0.15) is 18.6 Å². The predicted molar refractivity (Wildman–Crippen MR) is 113 cm³/mol. The van der Waals surface area contributed by atoms with Crippen LogP contribution in [0.3, 0.4) is 0 Å². The third kappa shape index (κ3) is 6.94. The molecule has 0 spiro atoms. The Labute approximate surface area is 207 Å². The predicted octanol–water partition coefficient (Wildman–Crippen LogP) is 6.58. The molecule has 0 aliphatic rings. The van der Waals surface area contributed by atoms with E-state index in [0.717, 1.165) is 23.0 Å². The Kier molecular flexibility index (Phi) is 8.10. The van der Waals surface area contributed by atoms with Crippen LogP contribution in [-0.4, -0.2) is 28.6 Å². The van der Waals surface area contributed by atoms with Gasteiger partial charge in [0.1, 0.15) is 12.4 Å². The fraction of sp³-hybridized carbons (Fsp3) is 0.200. The highest BCUT2D eigenvalue weighted by Crippen LogP contribution is 2.32. The van der Waals surface area contributed by atoms with Crippen LogP contribution in [-0.2, 0) is 11.3 Å². The second kappa shape index (κ2) is 10.5. The molecule has 0 fully saturated rings. The fourth-order valence-corrected chi connectivity index (χ4v) is 3.00. The number of rotatable bonds is 8. The van der Waals surface area contributed by atoms with E-state index in [1.807, 2.05) is 0 Å². The van der Waals surface area contributed by atoms with E-state index in [-0.39, 0.29) is 27.4 Å². The molecular formula is C20H11Cl3F6N2O4. The Hall–Kier alpha value is -2.67. The van der Waals surface area contributed by atoms with Crippen molar-refractivity contribution < 1.29 is 40.6 Å². The summed E-state index contributed by atoms with van der Waals surface area (Å²) in [5.74, 6) is -0.736. The number of hydrogen-bond donors (Lipinski definition) is 0. The van der Waals surface area contributed by atoms with Crippen LogP contribution >= 0.6 is 34.8 Å². The molecule has 188 valence electrons. The molecule has 0 N–H and O–H groups in total. The Morgan fingerprint density at radius 2 is 1.63 bits per heavy atom. The molecular weight excluding hydrogens is 553 g/mol. The Balaban J connectivity index is 1.66. The number of hydrogen-bond acceptors (Lipinski definition) is 5. The van der Waals surface area contributed by atoms with Gasteiger partial charge in [0.05, 0.1) is 21.9 Å². The second-order valence-corrected chi connectivity index (χ2v) is 7.81. The molecule has 1 atom stereocenters. The lowest BCUT2D eigenvalue weighted by Crippen LogP contribution is -2.41. The van der Waals surface area contributed by atoms with Crippen molar-refractivity contribution in [1.29, 1.82) is 0 Å². The van der Waals surface area contributed by atoms with Crippen LogP contribution in [0.15, 0.2) is 53.5 Å². The van der Waals surface area contributed by atoms with E-state index < -0.39 is 30.1 Å². The average molecular weight is 564 g/mol. The zero-order valence-electron chi connectivity index (χ0n) is 16.8. The Morgan fingerprint density at radius 1 is 0.971 bits per heavy atom. The molecule has 0 saturated carbocycles. The minimum Gasteiger partial charge on any atom is -0.485 e. The fourth-order valence-electron chi connectivity index (χ4n) is 2.52. The molecule has 0 saturated heterocycles. The SMILES string of the molecule is O=c1c(Cl)c(OCc2ccc(OC(F)(F)C(F)OC(F)(F)F)cc2)cnn1-c1ccc(Cl)c(Cl)c1. The van der Waals surface area contributed by atoms with Crippen molar-refractivity contribution in [2.45, 2.75) is 25.4 Å². The first-order chi connectivity index (χ1) is 16.3. The second-order valence-electron chi connectivity index (χ2n) is 6.61. The highest BCUT2D eigenvalue weighted by Gasteiger charge is 2.50. The summed E-state index contributed by atoms with van der Waals surface area (Å²) in [6.45, 7) is -0.211. The van der Waals surface area contributed by atoms with Crippen LogP contribution in [0.1, 0.15) is 5.56 Å². The van der Waals surface area contributed by atoms with E-state index in [1.54, 1.807) is 0 Å². The van der Waals surface area contributed by atoms with Crippen LogP contribution < -0.4 is 15.0 Å². The standard InChI is InChI=1S/C20H11Cl3F6N2O4/c21-13-6-3-11(7-14(13)22)31-17(32)16(23)15(8-30-31)33-9-10-1-4-12(5-2-10)34-19(25,26)18(24)35-20(27,28)29/h1-8,18H,9H2. The largest absolute Gasteiger partial charge is 0.525 e. The van der Waals surface area contributed by atoms with Gasteiger partial charge in [0.25, 0.3) is 5.56 Å². The number of benzene rings is 2. The van der Waals surface area contributed by atoms with Crippen molar-refractivity contribution in [2.24, 2.45) is 0 Å². The number of aromatic nitrogens is 2. The quantitative estimate of drug-likeness (QED) is 0.290. The van der Waals surface area contributed by atoms with E-state index in [9.17, 15) is 31.1 Å². The first-order valence-corrected chi connectivity index (χ1v) is 10.3. The van der Waals surface area contributed by atoms with Crippen LogP contribution in [0.4, 0.5) is 26.3 Å². The molecule has 0 amide bonds. The van der Waals surface area contributed by atoms with E-state index in [1.165, 1.54) is 30.3 Å². The summed E-state index contributed by atoms with van der Waals surface area (Å²) >= 11 is 17.9. The van der Waals surface area contributed by atoms with Crippen molar-refractivity contribution in [1.82, 2.24) is 9.78 Å². The average Bonchev–Trinajstić information content (AvgIpc) is 2.76. The minimum absolute atomic E-state index is 0.0931. The summed E-state index contributed by atoms with van der Waals surface area (Å²) in [5, 5.41) is 4.10. The molecule has 1 unspecified atom stereocenters. The number of halogens is 9. The number of alkyl halides is 6. The monoisotopic (exact) mass is 562 g/mol. The maximum Gasteiger partial charge on any atom is 0.525 e. The van der Waals surface area contributed by atoms with E-state index in [2.05, 4.69) is 14.6 Å². The van der Waals surface area contributed by atoms with Gasteiger partial charge < -0.3 is 9.47 Å². The number of ether oxygens (including phenoxy) is 3. The lowest BCUT2D eigenvalue weighted by atomic mass is 10.2. The van der Waals surface area contributed by atoms with Gasteiger partial charge in [-0.05, 0) is 35.9 Å². The third-order valence-corrected chi connectivity index (χ3v) is 5.19.